The summed E-state index contributed by atoms with van der Waals surface area (Å²) in [5, 5.41) is 9.65. The van der Waals surface area contributed by atoms with E-state index >= 15 is 0 Å². The van der Waals surface area contributed by atoms with Gasteiger partial charge in [0.2, 0.25) is 0 Å². The molecule has 0 spiro atoms. The fourth-order valence-corrected chi connectivity index (χ4v) is 2.26. The van der Waals surface area contributed by atoms with Gasteiger partial charge in [0.25, 0.3) is 0 Å². The van der Waals surface area contributed by atoms with E-state index in [-0.39, 0.29) is 11.4 Å². The van der Waals surface area contributed by atoms with Crippen LogP contribution in [0.25, 0.3) is 5.70 Å². The van der Waals surface area contributed by atoms with Crippen LogP contribution in [0.4, 0.5) is 0 Å². The van der Waals surface area contributed by atoms with Gasteiger partial charge in [-0.05, 0) is 29.8 Å². The lowest BCUT2D eigenvalue weighted by atomic mass is 10.1. The predicted octanol–water partition coefficient (Wildman–Crippen LogP) is 2.58. The lowest BCUT2D eigenvalue weighted by Gasteiger charge is -2.10. The van der Waals surface area contributed by atoms with Crippen LogP contribution in [0.1, 0.15) is 11.1 Å². The Hall–Kier alpha value is -2.68. The van der Waals surface area contributed by atoms with Crippen LogP contribution in [0, 0.1) is 11.3 Å². The third-order valence-electron chi connectivity index (χ3n) is 3.22. The third-order valence-corrected chi connectivity index (χ3v) is 3.45. The molecular formula is C17H17ClN4O. The van der Waals surface area contributed by atoms with Gasteiger partial charge in [-0.15, -0.1) is 0 Å². The molecule has 0 aliphatic heterocycles. The molecular weight excluding hydrogens is 312 g/mol. The van der Waals surface area contributed by atoms with Gasteiger partial charge >= 0.3 is 0 Å². The van der Waals surface area contributed by atoms with Crippen molar-refractivity contribution in [2.45, 2.75) is 6.42 Å². The number of allylic oxidation sites excluding steroid dienone is 1. The second-order valence-electron chi connectivity index (χ2n) is 4.80. The Kier molecular flexibility index (Phi) is 5.87. The summed E-state index contributed by atoms with van der Waals surface area (Å²) < 4.78 is 5.73. The SMILES string of the molecule is N#C/C(NN)=C(/N)c1cccc(OCCc2cccc(Cl)c2)c1. The number of ether oxygens (including phenoxy) is 1. The lowest BCUT2D eigenvalue weighted by Crippen LogP contribution is -2.23. The molecule has 0 aliphatic rings. The van der Waals surface area contributed by atoms with E-state index in [0.29, 0.717) is 22.9 Å². The molecule has 5 nitrogen and oxygen atoms in total. The summed E-state index contributed by atoms with van der Waals surface area (Å²) in [6, 6.07) is 16.7. The first-order valence-electron chi connectivity index (χ1n) is 6.98. The summed E-state index contributed by atoms with van der Waals surface area (Å²) in [4.78, 5) is 0. The minimum Gasteiger partial charge on any atom is -0.493 e. The van der Waals surface area contributed by atoms with Gasteiger partial charge in [0.15, 0.2) is 5.70 Å². The van der Waals surface area contributed by atoms with Gasteiger partial charge in [-0.1, -0.05) is 35.9 Å². The first kappa shape index (κ1) is 16.7. The molecule has 2 aromatic rings. The molecule has 0 radical (unpaired) electrons. The molecule has 0 amide bonds. The summed E-state index contributed by atoms with van der Waals surface area (Å²) >= 11 is 5.95. The molecule has 6 heteroatoms. The molecule has 2 aromatic carbocycles. The highest BCUT2D eigenvalue weighted by Gasteiger charge is 2.06. The molecule has 0 atom stereocenters. The van der Waals surface area contributed by atoms with Crippen LogP contribution < -0.4 is 21.7 Å². The second kappa shape index (κ2) is 8.08. The molecule has 0 aliphatic carbocycles. The molecule has 23 heavy (non-hydrogen) atoms. The van der Waals surface area contributed by atoms with Crippen molar-refractivity contribution in [3.05, 3.63) is 70.4 Å². The van der Waals surface area contributed by atoms with Crippen molar-refractivity contribution in [2.24, 2.45) is 11.6 Å². The molecule has 0 fully saturated rings. The van der Waals surface area contributed by atoms with Crippen LogP contribution in [0.15, 0.2) is 54.2 Å². The minimum atomic E-state index is 0.112. The molecule has 2 rings (SSSR count). The lowest BCUT2D eigenvalue weighted by molar-refractivity contribution is 0.322. The normalized spacial score (nSPS) is 11.3. The van der Waals surface area contributed by atoms with Crippen molar-refractivity contribution >= 4 is 17.3 Å². The van der Waals surface area contributed by atoms with E-state index in [1.165, 1.54) is 0 Å². The standard InChI is InChI=1S/C17H17ClN4O/c18-14-5-1-3-12(9-14)7-8-23-15-6-2-4-13(10-15)17(20)16(11-19)22-21/h1-6,9-10,22H,7-8,20-21H2/b17-16-. The highest BCUT2D eigenvalue weighted by atomic mass is 35.5. The molecule has 5 N–H and O–H groups in total. The van der Waals surface area contributed by atoms with E-state index in [9.17, 15) is 0 Å². The van der Waals surface area contributed by atoms with Gasteiger partial charge in [0.1, 0.15) is 11.8 Å². The Morgan fingerprint density at radius 3 is 2.70 bits per heavy atom. The van der Waals surface area contributed by atoms with E-state index in [2.05, 4.69) is 5.43 Å². The molecule has 0 heterocycles. The Labute approximate surface area is 140 Å². The fourth-order valence-electron chi connectivity index (χ4n) is 2.05. The summed E-state index contributed by atoms with van der Waals surface area (Å²) in [6.45, 7) is 0.508. The van der Waals surface area contributed by atoms with E-state index < -0.39 is 0 Å². The Morgan fingerprint density at radius 1 is 1.22 bits per heavy atom. The van der Waals surface area contributed by atoms with E-state index in [0.717, 1.165) is 12.0 Å². The Balaban J connectivity index is 2.03. The maximum atomic E-state index is 8.94. The molecule has 0 aromatic heterocycles. The number of nitrogens with zero attached hydrogens (tertiary/aromatic N) is 1. The first-order chi connectivity index (χ1) is 11.1. The van der Waals surface area contributed by atoms with E-state index in [1.54, 1.807) is 12.1 Å². The highest BCUT2D eigenvalue weighted by molar-refractivity contribution is 6.30. The average molecular weight is 329 g/mol. The van der Waals surface area contributed by atoms with E-state index in [4.69, 9.17) is 33.2 Å². The number of rotatable bonds is 6. The number of hydrazine groups is 1. The van der Waals surface area contributed by atoms with Gasteiger partial charge in [0, 0.05) is 17.0 Å². The maximum Gasteiger partial charge on any atom is 0.151 e. The van der Waals surface area contributed by atoms with Crippen LogP contribution in [0.3, 0.4) is 0 Å². The molecule has 0 saturated carbocycles. The van der Waals surface area contributed by atoms with Crippen LogP contribution in [0.2, 0.25) is 5.02 Å². The number of nitrogens with one attached hydrogen (secondary N) is 1. The van der Waals surface area contributed by atoms with Crippen LogP contribution in [0.5, 0.6) is 5.75 Å². The van der Waals surface area contributed by atoms with Crippen LogP contribution >= 0.6 is 11.6 Å². The van der Waals surface area contributed by atoms with Crippen molar-refractivity contribution < 1.29 is 4.74 Å². The van der Waals surface area contributed by atoms with Gasteiger partial charge in [-0.25, -0.2) is 5.84 Å². The smallest absolute Gasteiger partial charge is 0.151 e. The molecule has 118 valence electrons. The Bertz CT molecular complexity index is 752. The van der Waals surface area contributed by atoms with Crippen molar-refractivity contribution in [3.8, 4) is 11.8 Å². The second-order valence-corrected chi connectivity index (χ2v) is 5.24. The zero-order valence-electron chi connectivity index (χ0n) is 12.4. The first-order valence-corrected chi connectivity index (χ1v) is 7.36. The number of benzene rings is 2. The number of hydrogen-bond donors (Lipinski definition) is 3. The fraction of sp³-hybridized carbons (Fsp3) is 0.118. The van der Waals surface area contributed by atoms with Gasteiger partial charge in [-0.3, -0.25) is 0 Å². The minimum absolute atomic E-state index is 0.112. The van der Waals surface area contributed by atoms with Gasteiger partial charge < -0.3 is 15.9 Å². The number of halogens is 1. The quantitative estimate of drug-likeness (QED) is 0.430. The van der Waals surface area contributed by atoms with E-state index in [1.807, 2.05) is 42.5 Å². The number of hydrogen-bond acceptors (Lipinski definition) is 5. The molecule has 0 bridgehead atoms. The summed E-state index contributed by atoms with van der Waals surface area (Å²) in [7, 11) is 0. The summed E-state index contributed by atoms with van der Waals surface area (Å²) in [6.07, 6.45) is 0.740. The van der Waals surface area contributed by atoms with Crippen molar-refractivity contribution in [1.82, 2.24) is 5.43 Å². The number of nitrogens with two attached hydrogens (primary N) is 2. The molecule has 0 saturated heterocycles. The summed E-state index contributed by atoms with van der Waals surface area (Å²) in [5.41, 5.74) is 10.3. The zero-order valence-corrected chi connectivity index (χ0v) is 13.2. The number of nitriles is 1. The summed E-state index contributed by atoms with van der Waals surface area (Å²) in [5.74, 6) is 5.93. The maximum absolute atomic E-state index is 8.94. The highest BCUT2D eigenvalue weighted by Crippen LogP contribution is 2.19. The van der Waals surface area contributed by atoms with Crippen LogP contribution in [-0.2, 0) is 6.42 Å². The monoisotopic (exact) mass is 328 g/mol. The predicted molar refractivity (Wildman–Crippen MR) is 91.1 cm³/mol. The average Bonchev–Trinajstić information content (AvgIpc) is 2.56. The van der Waals surface area contributed by atoms with Gasteiger partial charge in [-0.2, -0.15) is 5.26 Å². The van der Waals surface area contributed by atoms with Crippen molar-refractivity contribution in [1.29, 1.82) is 5.26 Å². The third kappa shape index (κ3) is 4.65. The van der Waals surface area contributed by atoms with Crippen molar-refractivity contribution in [2.75, 3.05) is 6.61 Å². The largest absolute Gasteiger partial charge is 0.493 e. The zero-order chi connectivity index (χ0) is 16.7. The topological polar surface area (TPSA) is 97.1 Å². The van der Waals surface area contributed by atoms with Crippen LogP contribution in [-0.4, -0.2) is 6.61 Å². The Morgan fingerprint density at radius 2 is 2.00 bits per heavy atom. The van der Waals surface area contributed by atoms with Crippen molar-refractivity contribution in [3.63, 3.8) is 0 Å². The van der Waals surface area contributed by atoms with Gasteiger partial charge in [0.05, 0.1) is 12.3 Å². The molecule has 0 unspecified atom stereocenters.